The van der Waals surface area contributed by atoms with Crippen LogP contribution < -0.4 is 0 Å². The molecule has 0 amide bonds. The molecule has 2 aromatic heterocycles. The van der Waals surface area contributed by atoms with Gasteiger partial charge in [-0.25, -0.2) is 0 Å². The van der Waals surface area contributed by atoms with E-state index in [0.717, 1.165) is 22.0 Å². The van der Waals surface area contributed by atoms with Gasteiger partial charge in [-0.15, -0.1) is 0 Å². The summed E-state index contributed by atoms with van der Waals surface area (Å²) in [6.45, 7) is 0. The van der Waals surface area contributed by atoms with Gasteiger partial charge in [0.25, 0.3) is 0 Å². The van der Waals surface area contributed by atoms with Gasteiger partial charge >= 0.3 is 0 Å². The number of fused-ring (bicyclic) bond motifs is 1. The van der Waals surface area contributed by atoms with Gasteiger partial charge in [-0.05, 0) is 33.8 Å². The second-order valence-corrected chi connectivity index (χ2v) is 5.05. The van der Waals surface area contributed by atoms with Crippen molar-refractivity contribution in [3.05, 3.63) is 64.6 Å². The van der Waals surface area contributed by atoms with Crippen LogP contribution in [0.3, 0.4) is 0 Å². The molecule has 18 heavy (non-hydrogen) atoms. The highest BCUT2D eigenvalue weighted by Crippen LogP contribution is 2.25. The maximum atomic E-state index is 10.3. The molecule has 3 heteroatoms. The van der Waals surface area contributed by atoms with Gasteiger partial charge in [-0.3, -0.25) is 4.98 Å². The van der Waals surface area contributed by atoms with Crippen molar-refractivity contribution in [2.75, 3.05) is 0 Å². The van der Waals surface area contributed by atoms with E-state index in [0.29, 0.717) is 6.42 Å². The maximum Gasteiger partial charge on any atom is 0.101 e. The number of nitrogens with zero attached hydrogens (tertiary/aromatic N) is 1. The first-order chi connectivity index (χ1) is 8.84. The summed E-state index contributed by atoms with van der Waals surface area (Å²) in [5, 5.41) is 16.6. The van der Waals surface area contributed by atoms with Gasteiger partial charge in [0, 0.05) is 18.0 Å². The smallest absolute Gasteiger partial charge is 0.101 e. The van der Waals surface area contributed by atoms with Crippen molar-refractivity contribution in [2.45, 2.75) is 12.5 Å². The van der Waals surface area contributed by atoms with Crippen LogP contribution in [0, 0.1) is 0 Å². The van der Waals surface area contributed by atoms with Crippen LogP contribution in [0.4, 0.5) is 0 Å². The number of pyridine rings is 1. The van der Waals surface area contributed by atoms with Gasteiger partial charge < -0.3 is 5.11 Å². The standard InChI is InChI=1S/C15H13NOS/c17-14(9-11-6-8-18-10-11)15-13-4-2-1-3-12(13)5-7-16-15/h1-8,10,14,17H,9H2. The van der Waals surface area contributed by atoms with Gasteiger partial charge in [0.05, 0.1) is 5.69 Å². The summed E-state index contributed by atoms with van der Waals surface area (Å²) in [6.07, 6.45) is 1.82. The van der Waals surface area contributed by atoms with Crippen molar-refractivity contribution in [3.63, 3.8) is 0 Å². The molecule has 1 atom stereocenters. The topological polar surface area (TPSA) is 33.1 Å². The number of rotatable bonds is 3. The van der Waals surface area contributed by atoms with E-state index < -0.39 is 6.10 Å². The van der Waals surface area contributed by atoms with Crippen LogP contribution in [0.2, 0.25) is 0 Å². The summed E-state index contributed by atoms with van der Waals surface area (Å²) >= 11 is 1.65. The predicted molar refractivity (Wildman–Crippen MR) is 74.7 cm³/mol. The zero-order valence-electron chi connectivity index (χ0n) is 9.78. The SMILES string of the molecule is OC(Cc1ccsc1)c1nccc2ccccc12. The molecular weight excluding hydrogens is 242 g/mol. The van der Waals surface area contributed by atoms with Crippen molar-refractivity contribution in [1.82, 2.24) is 4.98 Å². The van der Waals surface area contributed by atoms with Crippen molar-refractivity contribution in [3.8, 4) is 0 Å². The lowest BCUT2D eigenvalue weighted by molar-refractivity contribution is 0.175. The van der Waals surface area contributed by atoms with Crippen molar-refractivity contribution in [2.24, 2.45) is 0 Å². The minimum absolute atomic E-state index is 0.550. The van der Waals surface area contributed by atoms with Crippen molar-refractivity contribution < 1.29 is 5.11 Å². The van der Waals surface area contributed by atoms with E-state index in [1.54, 1.807) is 17.5 Å². The molecule has 0 saturated heterocycles. The Bertz CT molecular complexity index is 643. The molecule has 0 aliphatic carbocycles. The maximum absolute atomic E-state index is 10.3. The number of thiophene rings is 1. The third-order valence-corrected chi connectivity index (χ3v) is 3.76. The molecule has 3 rings (SSSR count). The van der Waals surface area contributed by atoms with Crippen LogP contribution in [-0.2, 0) is 6.42 Å². The third kappa shape index (κ3) is 2.15. The summed E-state index contributed by atoms with van der Waals surface area (Å²) < 4.78 is 0. The minimum Gasteiger partial charge on any atom is -0.386 e. The Hall–Kier alpha value is -1.71. The Morgan fingerprint density at radius 1 is 1.17 bits per heavy atom. The van der Waals surface area contributed by atoms with Crippen molar-refractivity contribution in [1.29, 1.82) is 0 Å². The fourth-order valence-corrected chi connectivity index (χ4v) is 2.82. The lowest BCUT2D eigenvalue weighted by Crippen LogP contribution is -2.04. The third-order valence-electron chi connectivity index (χ3n) is 3.03. The Morgan fingerprint density at radius 2 is 2.06 bits per heavy atom. The van der Waals surface area contributed by atoms with E-state index in [4.69, 9.17) is 0 Å². The van der Waals surface area contributed by atoms with Crippen LogP contribution >= 0.6 is 11.3 Å². The molecule has 2 nitrogen and oxygen atoms in total. The summed E-state index contributed by atoms with van der Waals surface area (Å²) in [6, 6.07) is 12.0. The highest BCUT2D eigenvalue weighted by molar-refractivity contribution is 7.07. The first-order valence-electron chi connectivity index (χ1n) is 5.87. The van der Waals surface area contributed by atoms with Gasteiger partial charge in [0.1, 0.15) is 6.10 Å². The molecule has 2 heterocycles. The fraction of sp³-hybridized carbons (Fsp3) is 0.133. The van der Waals surface area contributed by atoms with Gasteiger partial charge in [0.2, 0.25) is 0 Å². The van der Waals surface area contributed by atoms with Gasteiger partial charge in [-0.1, -0.05) is 24.3 Å². The van der Waals surface area contributed by atoms with E-state index >= 15 is 0 Å². The van der Waals surface area contributed by atoms with Crippen LogP contribution in [0.15, 0.2) is 53.4 Å². The quantitative estimate of drug-likeness (QED) is 0.776. The van der Waals surface area contributed by atoms with E-state index in [9.17, 15) is 5.11 Å². The molecule has 0 spiro atoms. The lowest BCUT2D eigenvalue weighted by atomic mass is 10.0. The van der Waals surface area contributed by atoms with E-state index in [2.05, 4.69) is 10.4 Å². The normalized spacial score (nSPS) is 12.7. The molecule has 90 valence electrons. The fourth-order valence-electron chi connectivity index (χ4n) is 2.14. The molecular formula is C15H13NOS. The highest BCUT2D eigenvalue weighted by atomic mass is 32.1. The molecule has 1 aromatic carbocycles. The Kier molecular flexibility index (Phi) is 3.09. The summed E-state index contributed by atoms with van der Waals surface area (Å²) in [5.74, 6) is 0. The number of hydrogen-bond donors (Lipinski definition) is 1. The molecule has 0 aliphatic heterocycles. The minimum atomic E-state index is -0.550. The summed E-state index contributed by atoms with van der Waals surface area (Å²) in [5.41, 5.74) is 1.92. The van der Waals surface area contributed by atoms with E-state index in [1.165, 1.54) is 0 Å². The largest absolute Gasteiger partial charge is 0.386 e. The average Bonchev–Trinajstić information content (AvgIpc) is 2.91. The molecule has 0 saturated carbocycles. The second-order valence-electron chi connectivity index (χ2n) is 4.27. The monoisotopic (exact) mass is 255 g/mol. The van der Waals surface area contributed by atoms with Crippen LogP contribution in [0.1, 0.15) is 17.4 Å². The van der Waals surface area contributed by atoms with Gasteiger partial charge in [0.15, 0.2) is 0 Å². The number of aliphatic hydroxyl groups excluding tert-OH is 1. The number of benzene rings is 1. The summed E-state index contributed by atoms with van der Waals surface area (Å²) in [7, 11) is 0. The molecule has 1 unspecified atom stereocenters. The number of aliphatic hydroxyl groups is 1. The first-order valence-corrected chi connectivity index (χ1v) is 6.81. The van der Waals surface area contributed by atoms with Crippen molar-refractivity contribution >= 4 is 22.1 Å². The molecule has 0 radical (unpaired) electrons. The molecule has 0 aliphatic rings. The van der Waals surface area contributed by atoms with Gasteiger partial charge in [-0.2, -0.15) is 11.3 Å². The average molecular weight is 255 g/mol. The first kappa shape index (κ1) is 11.4. The lowest BCUT2D eigenvalue weighted by Gasteiger charge is -2.11. The second kappa shape index (κ2) is 4.88. The van der Waals surface area contributed by atoms with E-state index in [1.807, 2.05) is 41.8 Å². The Balaban J connectivity index is 1.98. The number of hydrogen-bond acceptors (Lipinski definition) is 3. The van der Waals surface area contributed by atoms with Crippen LogP contribution in [-0.4, -0.2) is 10.1 Å². The molecule has 0 bridgehead atoms. The zero-order valence-corrected chi connectivity index (χ0v) is 10.6. The molecule has 3 aromatic rings. The van der Waals surface area contributed by atoms with E-state index in [-0.39, 0.29) is 0 Å². The van der Waals surface area contributed by atoms with Crippen LogP contribution in [0.5, 0.6) is 0 Å². The Labute approximate surface area is 110 Å². The zero-order chi connectivity index (χ0) is 12.4. The summed E-state index contributed by atoms with van der Waals surface area (Å²) in [4.78, 5) is 4.34. The molecule has 0 fully saturated rings. The Morgan fingerprint density at radius 3 is 2.89 bits per heavy atom. The molecule has 1 N–H and O–H groups in total. The highest BCUT2D eigenvalue weighted by Gasteiger charge is 2.13. The number of aromatic nitrogens is 1. The van der Waals surface area contributed by atoms with Crippen LogP contribution in [0.25, 0.3) is 10.8 Å². The predicted octanol–water partition coefficient (Wildman–Crippen LogP) is 3.57.